The molecule has 0 aliphatic heterocycles. The number of rotatable bonds is 7. The van der Waals surface area contributed by atoms with Gasteiger partial charge >= 0.3 is 0 Å². The second kappa shape index (κ2) is 7.40. The number of methoxy groups -OCH3 is 1. The van der Waals surface area contributed by atoms with Crippen LogP contribution >= 0.6 is 15.9 Å². The summed E-state index contributed by atoms with van der Waals surface area (Å²) in [7, 11) is -2.06. The molecule has 2 N–H and O–H groups in total. The van der Waals surface area contributed by atoms with Gasteiger partial charge in [0.15, 0.2) is 0 Å². The Morgan fingerprint density at radius 1 is 1.45 bits per heavy atom. The molecule has 0 saturated heterocycles. The van der Waals surface area contributed by atoms with Crippen molar-refractivity contribution >= 4 is 31.6 Å². The first-order valence-corrected chi connectivity index (χ1v) is 8.63. The van der Waals surface area contributed by atoms with E-state index in [-0.39, 0.29) is 10.9 Å². The molecule has 0 fully saturated rings. The zero-order chi connectivity index (χ0) is 15.3. The number of hydrogen-bond acceptors (Lipinski definition) is 4. The van der Waals surface area contributed by atoms with Gasteiger partial charge in [-0.2, -0.15) is 4.31 Å². The SMILES string of the molecule is CCC(C)N(CCOC)S(=O)(=O)c1cc(N)ccc1Br. The normalized spacial score (nSPS) is 13.7. The summed E-state index contributed by atoms with van der Waals surface area (Å²) < 4.78 is 32.6. The van der Waals surface area contributed by atoms with Crippen molar-refractivity contribution in [1.29, 1.82) is 0 Å². The Morgan fingerprint density at radius 3 is 2.65 bits per heavy atom. The molecular formula is C13H21BrN2O3S. The fraction of sp³-hybridized carbons (Fsp3) is 0.538. The summed E-state index contributed by atoms with van der Waals surface area (Å²) in [6.45, 7) is 4.50. The number of hydrogen-bond donors (Lipinski definition) is 1. The van der Waals surface area contributed by atoms with Gasteiger partial charge in [-0.25, -0.2) is 8.42 Å². The fourth-order valence-electron chi connectivity index (χ4n) is 1.81. The Morgan fingerprint density at radius 2 is 2.10 bits per heavy atom. The van der Waals surface area contributed by atoms with Gasteiger partial charge in [0, 0.05) is 29.9 Å². The average molecular weight is 365 g/mol. The van der Waals surface area contributed by atoms with Crippen molar-refractivity contribution in [2.75, 3.05) is 26.0 Å². The van der Waals surface area contributed by atoms with Gasteiger partial charge in [-0.1, -0.05) is 6.92 Å². The number of nitrogens with zero attached hydrogens (tertiary/aromatic N) is 1. The van der Waals surface area contributed by atoms with Gasteiger partial charge in [0.1, 0.15) is 0 Å². The van der Waals surface area contributed by atoms with Gasteiger partial charge in [0.2, 0.25) is 10.0 Å². The molecule has 1 aromatic carbocycles. The topological polar surface area (TPSA) is 72.6 Å². The van der Waals surface area contributed by atoms with Gasteiger partial charge in [0.25, 0.3) is 0 Å². The summed E-state index contributed by atoms with van der Waals surface area (Å²) in [5, 5.41) is 0. The highest BCUT2D eigenvalue weighted by Gasteiger charge is 2.29. The van der Waals surface area contributed by atoms with Crippen LogP contribution in [0.4, 0.5) is 5.69 Å². The lowest BCUT2D eigenvalue weighted by Gasteiger charge is -2.28. The van der Waals surface area contributed by atoms with Crippen LogP contribution in [0.2, 0.25) is 0 Å². The fourth-order valence-corrected chi connectivity index (χ4v) is 4.46. The van der Waals surface area contributed by atoms with Gasteiger partial charge in [-0.3, -0.25) is 0 Å². The maximum absolute atomic E-state index is 12.8. The minimum absolute atomic E-state index is 0.108. The monoisotopic (exact) mass is 364 g/mol. The number of nitrogens with two attached hydrogens (primary N) is 1. The van der Waals surface area contributed by atoms with Crippen molar-refractivity contribution in [2.45, 2.75) is 31.2 Å². The second-order valence-electron chi connectivity index (χ2n) is 4.56. The van der Waals surface area contributed by atoms with Crippen LogP contribution in [-0.2, 0) is 14.8 Å². The van der Waals surface area contributed by atoms with Crippen molar-refractivity contribution in [3.8, 4) is 0 Å². The van der Waals surface area contributed by atoms with E-state index >= 15 is 0 Å². The third-order valence-electron chi connectivity index (χ3n) is 3.14. The molecule has 0 aliphatic carbocycles. The number of halogens is 1. The highest BCUT2D eigenvalue weighted by atomic mass is 79.9. The van der Waals surface area contributed by atoms with Crippen LogP contribution in [0.3, 0.4) is 0 Å². The molecule has 20 heavy (non-hydrogen) atoms. The Kier molecular flexibility index (Phi) is 6.44. The first kappa shape index (κ1) is 17.4. The summed E-state index contributed by atoms with van der Waals surface area (Å²) in [6.07, 6.45) is 0.725. The number of nitrogen functional groups attached to an aromatic ring is 1. The van der Waals surface area contributed by atoms with E-state index in [9.17, 15) is 8.42 Å². The molecule has 0 spiro atoms. The smallest absolute Gasteiger partial charge is 0.244 e. The molecule has 0 aliphatic rings. The molecule has 0 aromatic heterocycles. The molecule has 0 saturated carbocycles. The Balaban J connectivity index is 3.24. The molecular weight excluding hydrogens is 344 g/mol. The number of ether oxygens (including phenoxy) is 1. The van der Waals surface area contributed by atoms with Gasteiger partial charge < -0.3 is 10.5 Å². The number of benzene rings is 1. The van der Waals surface area contributed by atoms with E-state index in [4.69, 9.17) is 10.5 Å². The van der Waals surface area contributed by atoms with Crippen molar-refractivity contribution in [1.82, 2.24) is 4.31 Å². The standard InChI is InChI=1S/C13H21BrN2O3S/c1-4-10(2)16(7-8-19-3)20(17,18)13-9-11(15)5-6-12(13)14/h5-6,9-10H,4,7-8,15H2,1-3H3. The molecule has 1 atom stereocenters. The molecule has 0 bridgehead atoms. The van der Waals surface area contributed by atoms with E-state index < -0.39 is 10.0 Å². The summed E-state index contributed by atoms with van der Waals surface area (Å²) >= 11 is 3.28. The highest BCUT2D eigenvalue weighted by Crippen LogP contribution is 2.28. The van der Waals surface area contributed by atoms with E-state index in [0.29, 0.717) is 23.3 Å². The molecule has 7 heteroatoms. The van der Waals surface area contributed by atoms with Crippen LogP contribution in [-0.4, -0.2) is 39.0 Å². The van der Waals surface area contributed by atoms with E-state index in [1.807, 2.05) is 13.8 Å². The molecule has 0 heterocycles. The van der Waals surface area contributed by atoms with Crippen molar-refractivity contribution < 1.29 is 13.2 Å². The van der Waals surface area contributed by atoms with Crippen molar-refractivity contribution in [3.05, 3.63) is 22.7 Å². The van der Waals surface area contributed by atoms with Crippen LogP contribution in [0, 0.1) is 0 Å². The Bertz CT molecular complexity index is 549. The first-order chi connectivity index (χ1) is 9.34. The lowest BCUT2D eigenvalue weighted by atomic mass is 10.3. The van der Waals surface area contributed by atoms with E-state index in [0.717, 1.165) is 6.42 Å². The minimum atomic E-state index is -3.61. The Hall–Kier alpha value is -0.630. The van der Waals surface area contributed by atoms with Crippen LogP contribution in [0.1, 0.15) is 20.3 Å². The summed E-state index contributed by atoms with van der Waals surface area (Å²) in [5.41, 5.74) is 6.12. The Labute approximate surface area is 129 Å². The second-order valence-corrected chi connectivity index (χ2v) is 7.27. The largest absolute Gasteiger partial charge is 0.399 e. The van der Waals surface area contributed by atoms with Crippen molar-refractivity contribution in [2.24, 2.45) is 0 Å². The molecule has 5 nitrogen and oxygen atoms in total. The van der Waals surface area contributed by atoms with Gasteiger partial charge in [-0.05, 0) is 47.5 Å². The predicted molar refractivity (Wildman–Crippen MR) is 84.1 cm³/mol. The van der Waals surface area contributed by atoms with E-state index in [2.05, 4.69) is 15.9 Å². The van der Waals surface area contributed by atoms with Gasteiger partial charge in [-0.15, -0.1) is 0 Å². The first-order valence-electron chi connectivity index (χ1n) is 6.40. The van der Waals surface area contributed by atoms with E-state index in [1.54, 1.807) is 19.2 Å². The maximum Gasteiger partial charge on any atom is 0.244 e. The van der Waals surface area contributed by atoms with Gasteiger partial charge in [0.05, 0.1) is 11.5 Å². The van der Waals surface area contributed by atoms with Crippen LogP contribution < -0.4 is 5.73 Å². The number of sulfonamides is 1. The molecule has 114 valence electrons. The molecule has 0 radical (unpaired) electrons. The lowest BCUT2D eigenvalue weighted by molar-refractivity contribution is 0.167. The van der Waals surface area contributed by atoms with Crippen LogP contribution in [0.5, 0.6) is 0 Å². The van der Waals surface area contributed by atoms with Crippen LogP contribution in [0.15, 0.2) is 27.6 Å². The minimum Gasteiger partial charge on any atom is -0.399 e. The summed E-state index contributed by atoms with van der Waals surface area (Å²) in [6, 6.07) is 4.67. The summed E-state index contributed by atoms with van der Waals surface area (Å²) in [4.78, 5) is 0.189. The number of anilines is 1. The van der Waals surface area contributed by atoms with Crippen molar-refractivity contribution in [3.63, 3.8) is 0 Å². The zero-order valence-corrected chi connectivity index (χ0v) is 14.4. The third-order valence-corrected chi connectivity index (χ3v) is 6.15. The zero-order valence-electron chi connectivity index (χ0n) is 12.0. The molecule has 0 amide bonds. The van der Waals surface area contributed by atoms with Crippen LogP contribution in [0.25, 0.3) is 0 Å². The molecule has 1 aromatic rings. The summed E-state index contributed by atoms with van der Waals surface area (Å²) in [5.74, 6) is 0. The average Bonchev–Trinajstić information content (AvgIpc) is 2.41. The highest BCUT2D eigenvalue weighted by molar-refractivity contribution is 9.10. The molecule has 1 rings (SSSR count). The maximum atomic E-state index is 12.8. The van der Waals surface area contributed by atoms with E-state index in [1.165, 1.54) is 10.4 Å². The molecule has 1 unspecified atom stereocenters. The quantitative estimate of drug-likeness (QED) is 0.754. The lowest BCUT2D eigenvalue weighted by Crippen LogP contribution is -2.40. The predicted octanol–water partition coefficient (Wildman–Crippen LogP) is 2.47. The third kappa shape index (κ3) is 3.94.